The van der Waals surface area contributed by atoms with E-state index in [1.54, 1.807) is 12.1 Å². The van der Waals surface area contributed by atoms with Crippen LogP contribution in [0, 0.1) is 13.8 Å². The van der Waals surface area contributed by atoms with Crippen LogP contribution in [0.5, 0.6) is 17.2 Å². The summed E-state index contributed by atoms with van der Waals surface area (Å²) in [5.74, 6) is 0.853. The Morgan fingerprint density at radius 1 is 1.03 bits per heavy atom. The van der Waals surface area contributed by atoms with E-state index in [1.807, 2.05) is 32.0 Å². The van der Waals surface area contributed by atoms with Gasteiger partial charge >= 0.3 is 0 Å². The number of aromatic nitrogens is 2. The number of ether oxygens (including phenoxy) is 3. The van der Waals surface area contributed by atoms with E-state index < -0.39 is 0 Å². The van der Waals surface area contributed by atoms with Gasteiger partial charge in [-0.1, -0.05) is 23.9 Å². The minimum atomic E-state index is -0.389. The number of nitrogens with zero attached hydrogens (tertiary/aromatic N) is 2. The summed E-state index contributed by atoms with van der Waals surface area (Å²) in [5.41, 5.74) is 3.20. The smallest absolute Gasteiger partial charge is 0.277 e. The van der Waals surface area contributed by atoms with Crippen LogP contribution >= 0.6 is 11.8 Å². The second-order valence-electron chi connectivity index (χ2n) is 7.14. The number of anilines is 1. The first-order valence-corrected chi connectivity index (χ1v) is 11.2. The van der Waals surface area contributed by atoms with Crippen molar-refractivity contribution >= 4 is 29.3 Å². The van der Waals surface area contributed by atoms with Gasteiger partial charge in [0.15, 0.2) is 11.5 Å². The molecule has 0 unspecified atom stereocenters. The lowest BCUT2D eigenvalue weighted by Crippen LogP contribution is -2.23. The molecule has 0 spiro atoms. The second kappa shape index (κ2) is 11.4. The van der Waals surface area contributed by atoms with E-state index in [0.29, 0.717) is 22.8 Å². The molecule has 2 aromatic carbocycles. The summed E-state index contributed by atoms with van der Waals surface area (Å²) in [6, 6.07) is 8.81. The zero-order valence-corrected chi connectivity index (χ0v) is 20.4. The van der Waals surface area contributed by atoms with E-state index in [9.17, 15) is 9.59 Å². The lowest BCUT2D eigenvalue weighted by molar-refractivity contribution is -0.113. The lowest BCUT2D eigenvalue weighted by Gasteiger charge is -2.13. The molecule has 0 radical (unpaired) electrons. The molecule has 0 atom stereocenters. The maximum Gasteiger partial charge on any atom is 0.277 e. The van der Waals surface area contributed by atoms with Gasteiger partial charge in [0.25, 0.3) is 11.1 Å². The number of carbonyl (C=O) groups excluding carboxylic acids is 2. The third kappa shape index (κ3) is 5.98. The number of amides is 2. The number of rotatable bonds is 10. The highest BCUT2D eigenvalue weighted by Crippen LogP contribution is 2.38. The van der Waals surface area contributed by atoms with Gasteiger partial charge in [0.05, 0.1) is 33.6 Å². The van der Waals surface area contributed by atoms with Gasteiger partial charge in [0, 0.05) is 11.3 Å². The van der Waals surface area contributed by atoms with Crippen LogP contribution in [0.3, 0.4) is 0 Å². The Morgan fingerprint density at radius 2 is 1.74 bits per heavy atom. The van der Waals surface area contributed by atoms with Crippen molar-refractivity contribution < 1.29 is 28.2 Å². The third-order valence-electron chi connectivity index (χ3n) is 4.98. The molecular weight excluding hydrogens is 460 g/mol. The molecule has 10 nitrogen and oxygen atoms in total. The molecule has 0 fully saturated rings. The van der Waals surface area contributed by atoms with Gasteiger partial charge < -0.3 is 29.3 Å². The van der Waals surface area contributed by atoms with Gasteiger partial charge in [-0.2, -0.15) is 0 Å². The average Bonchev–Trinajstić information content (AvgIpc) is 3.31. The standard InChI is InChI=1S/C23H26N4O6S/c1-13-7-6-8-16(14(13)2)25-19(28)12-34-23-27-26-20(33-23)11-24-22(29)15-9-17(30-3)21(32-5)18(10-15)31-4/h6-10H,11-12H2,1-5H3,(H,24,29)(H,25,28). The number of aryl methyl sites for hydroxylation is 1. The molecule has 0 aliphatic carbocycles. The highest BCUT2D eigenvalue weighted by molar-refractivity contribution is 7.99. The predicted octanol–water partition coefficient (Wildman–Crippen LogP) is 3.37. The molecule has 1 aromatic heterocycles. The maximum absolute atomic E-state index is 12.6. The molecule has 0 saturated carbocycles. The number of benzene rings is 2. The molecule has 2 amide bonds. The monoisotopic (exact) mass is 486 g/mol. The first-order chi connectivity index (χ1) is 16.4. The van der Waals surface area contributed by atoms with Crippen molar-refractivity contribution in [3.05, 3.63) is 52.9 Å². The Hall–Kier alpha value is -3.73. The summed E-state index contributed by atoms with van der Waals surface area (Å²) in [7, 11) is 4.43. The summed E-state index contributed by atoms with van der Waals surface area (Å²) >= 11 is 1.11. The van der Waals surface area contributed by atoms with Crippen molar-refractivity contribution in [2.75, 3.05) is 32.4 Å². The Morgan fingerprint density at radius 3 is 2.38 bits per heavy atom. The molecule has 3 aromatic rings. The predicted molar refractivity (Wildman–Crippen MR) is 127 cm³/mol. The van der Waals surface area contributed by atoms with Crippen molar-refractivity contribution in [3.63, 3.8) is 0 Å². The molecule has 1 heterocycles. The Labute approximate surface area is 201 Å². The molecule has 0 bridgehead atoms. The summed E-state index contributed by atoms with van der Waals surface area (Å²) < 4.78 is 21.3. The van der Waals surface area contributed by atoms with Gasteiger partial charge in [-0.3, -0.25) is 9.59 Å². The van der Waals surface area contributed by atoms with Crippen molar-refractivity contribution in [2.24, 2.45) is 0 Å². The van der Waals surface area contributed by atoms with Crippen molar-refractivity contribution in [1.29, 1.82) is 0 Å². The first kappa shape index (κ1) is 24.9. The van der Waals surface area contributed by atoms with Crippen LogP contribution in [0.25, 0.3) is 0 Å². The number of thioether (sulfide) groups is 1. The summed E-state index contributed by atoms with van der Waals surface area (Å²) in [6.45, 7) is 3.95. The van der Waals surface area contributed by atoms with Crippen LogP contribution in [0.4, 0.5) is 5.69 Å². The van der Waals surface area contributed by atoms with Crippen LogP contribution in [0.1, 0.15) is 27.4 Å². The fraction of sp³-hybridized carbons (Fsp3) is 0.304. The zero-order chi connectivity index (χ0) is 24.7. The van der Waals surface area contributed by atoms with Crippen LogP contribution in [-0.2, 0) is 11.3 Å². The summed E-state index contributed by atoms with van der Waals surface area (Å²) in [5, 5.41) is 13.6. The SMILES string of the molecule is COc1cc(C(=O)NCc2nnc(SCC(=O)Nc3cccc(C)c3C)o2)cc(OC)c1OC. The number of nitrogens with one attached hydrogen (secondary N) is 2. The second-order valence-corrected chi connectivity index (χ2v) is 8.07. The number of carbonyl (C=O) groups is 2. The topological polar surface area (TPSA) is 125 Å². The molecule has 3 rings (SSSR count). The van der Waals surface area contributed by atoms with E-state index in [4.69, 9.17) is 18.6 Å². The van der Waals surface area contributed by atoms with Gasteiger partial charge in [0.2, 0.25) is 17.5 Å². The highest BCUT2D eigenvalue weighted by atomic mass is 32.2. The van der Waals surface area contributed by atoms with E-state index in [2.05, 4.69) is 20.8 Å². The Bertz CT molecular complexity index is 1160. The van der Waals surface area contributed by atoms with E-state index in [1.165, 1.54) is 21.3 Å². The van der Waals surface area contributed by atoms with Gasteiger partial charge in [-0.25, -0.2) is 0 Å². The summed E-state index contributed by atoms with van der Waals surface area (Å²) in [6.07, 6.45) is 0. The minimum absolute atomic E-state index is 0.0116. The van der Waals surface area contributed by atoms with Crippen LogP contribution in [-0.4, -0.2) is 49.1 Å². The maximum atomic E-state index is 12.6. The van der Waals surface area contributed by atoms with Gasteiger partial charge in [-0.05, 0) is 43.2 Å². The van der Waals surface area contributed by atoms with Crippen molar-refractivity contribution in [3.8, 4) is 17.2 Å². The molecule has 0 aliphatic rings. The van der Waals surface area contributed by atoms with Crippen LogP contribution in [0.15, 0.2) is 40.0 Å². The van der Waals surface area contributed by atoms with Crippen molar-refractivity contribution in [1.82, 2.24) is 15.5 Å². The fourth-order valence-corrected chi connectivity index (χ4v) is 3.62. The molecule has 2 N–H and O–H groups in total. The van der Waals surface area contributed by atoms with Gasteiger partial charge in [0.1, 0.15) is 0 Å². The van der Waals surface area contributed by atoms with E-state index in [-0.39, 0.29) is 35.2 Å². The third-order valence-corrected chi connectivity index (χ3v) is 5.80. The Balaban J connectivity index is 1.54. The fourth-order valence-electron chi connectivity index (χ4n) is 3.04. The van der Waals surface area contributed by atoms with E-state index in [0.717, 1.165) is 28.6 Å². The normalized spacial score (nSPS) is 10.5. The molecule has 180 valence electrons. The molecule has 0 saturated heterocycles. The molecule has 34 heavy (non-hydrogen) atoms. The molecule has 0 aliphatic heterocycles. The Kier molecular flexibility index (Phi) is 8.36. The van der Waals surface area contributed by atoms with Gasteiger partial charge in [-0.15, -0.1) is 10.2 Å². The van der Waals surface area contributed by atoms with Crippen LogP contribution < -0.4 is 24.8 Å². The molecular formula is C23H26N4O6S. The zero-order valence-electron chi connectivity index (χ0n) is 19.6. The van der Waals surface area contributed by atoms with Crippen molar-refractivity contribution in [2.45, 2.75) is 25.6 Å². The highest BCUT2D eigenvalue weighted by Gasteiger charge is 2.18. The minimum Gasteiger partial charge on any atom is -0.493 e. The number of hydrogen-bond donors (Lipinski definition) is 2. The largest absolute Gasteiger partial charge is 0.493 e. The quantitative estimate of drug-likeness (QED) is 0.415. The summed E-state index contributed by atoms with van der Waals surface area (Å²) in [4.78, 5) is 24.9. The number of hydrogen-bond acceptors (Lipinski definition) is 9. The molecule has 11 heteroatoms. The first-order valence-electron chi connectivity index (χ1n) is 10.3. The average molecular weight is 487 g/mol. The lowest BCUT2D eigenvalue weighted by atomic mass is 10.1. The van der Waals surface area contributed by atoms with Crippen LogP contribution in [0.2, 0.25) is 0 Å². The van der Waals surface area contributed by atoms with E-state index >= 15 is 0 Å². The number of methoxy groups -OCH3 is 3.